The van der Waals surface area contributed by atoms with Crippen LogP contribution in [0.15, 0.2) is 18.2 Å². The van der Waals surface area contributed by atoms with Gasteiger partial charge in [-0.15, -0.1) is 0 Å². The SMILES string of the molecule is COc1cc(N)ccc1C(=O)NC1CCSCC1. The van der Waals surface area contributed by atoms with Gasteiger partial charge in [-0.3, -0.25) is 4.79 Å². The molecule has 0 radical (unpaired) electrons. The van der Waals surface area contributed by atoms with Gasteiger partial charge in [-0.05, 0) is 36.5 Å². The quantitative estimate of drug-likeness (QED) is 0.820. The second kappa shape index (κ2) is 6.00. The molecule has 3 N–H and O–H groups in total. The second-order valence-electron chi connectivity index (χ2n) is 4.32. The minimum atomic E-state index is -0.0799. The lowest BCUT2D eigenvalue weighted by atomic mass is 10.1. The maximum atomic E-state index is 12.2. The van der Waals surface area contributed by atoms with Gasteiger partial charge in [0.25, 0.3) is 5.91 Å². The van der Waals surface area contributed by atoms with E-state index in [-0.39, 0.29) is 11.9 Å². The van der Waals surface area contributed by atoms with Gasteiger partial charge in [0.1, 0.15) is 5.75 Å². The monoisotopic (exact) mass is 266 g/mol. The molecule has 5 heteroatoms. The molecule has 1 aliphatic rings. The summed E-state index contributed by atoms with van der Waals surface area (Å²) >= 11 is 1.94. The number of hydrogen-bond donors (Lipinski definition) is 2. The van der Waals surface area contributed by atoms with Gasteiger partial charge in [0.15, 0.2) is 0 Å². The molecule has 0 aliphatic carbocycles. The number of rotatable bonds is 3. The van der Waals surface area contributed by atoms with Crippen molar-refractivity contribution < 1.29 is 9.53 Å². The number of nitrogens with one attached hydrogen (secondary N) is 1. The van der Waals surface area contributed by atoms with Crippen LogP contribution < -0.4 is 15.8 Å². The molecule has 1 aliphatic heterocycles. The van der Waals surface area contributed by atoms with Gasteiger partial charge >= 0.3 is 0 Å². The van der Waals surface area contributed by atoms with Crippen molar-refractivity contribution >= 4 is 23.4 Å². The summed E-state index contributed by atoms with van der Waals surface area (Å²) in [6.45, 7) is 0. The summed E-state index contributed by atoms with van der Waals surface area (Å²) in [6.07, 6.45) is 2.07. The molecule has 0 bridgehead atoms. The fourth-order valence-electron chi connectivity index (χ4n) is 2.00. The van der Waals surface area contributed by atoms with Crippen molar-refractivity contribution in [2.75, 3.05) is 24.3 Å². The van der Waals surface area contributed by atoms with Gasteiger partial charge in [-0.2, -0.15) is 11.8 Å². The highest BCUT2D eigenvalue weighted by atomic mass is 32.2. The lowest BCUT2D eigenvalue weighted by Gasteiger charge is -2.23. The van der Waals surface area contributed by atoms with Crippen LogP contribution in [0.1, 0.15) is 23.2 Å². The first-order valence-corrected chi connectivity index (χ1v) is 7.18. The van der Waals surface area contributed by atoms with Crippen molar-refractivity contribution in [3.8, 4) is 5.75 Å². The minimum absolute atomic E-state index is 0.0799. The average Bonchev–Trinajstić information content (AvgIpc) is 2.39. The van der Waals surface area contributed by atoms with E-state index in [4.69, 9.17) is 10.5 Å². The lowest BCUT2D eigenvalue weighted by Crippen LogP contribution is -2.37. The Balaban J connectivity index is 2.08. The molecule has 1 saturated heterocycles. The Labute approximate surface area is 111 Å². The Kier molecular flexibility index (Phi) is 4.36. The number of benzene rings is 1. The van der Waals surface area contributed by atoms with E-state index in [2.05, 4.69) is 5.32 Å². The molecule has 0 atom stereocenters. The van der Waals surface area contributed by atoms with E-state index in [9.17, 15) is 4.79 Å². The van der Waals surface area contributed by atoms with Crippen LogP contribution in [-0.4, -0.2) is 30.6 Å². The third kappa shape index (κ3) is 3.10. The molecule has 1 amide bonds. The minimum Gasteiger partial charge on any atom is -0.496 e. The van der Waals surface area contributed by atoms with E-state index in [1.54, 1.807) is 25.3 Å². The van der Waals surface area contributed by atoms with Crippen LogP contribution in [0.2, 0.25) is 0 Å². The van der Waals surface area contributed by atoms with E-state index in [0.717, 1.165) is 24.3 Å². The molecule has 1 aromatic rings. The maximum Gasteiger partial charge on any atom is 0.255 e. The van der Waals surface area contributed by atoms with E-state index in [1.165, 1.54) is 0 Å². The molecule has 0 saturated carbocycles. The van der Waals surface area contributed by atoms with Crippen LogP contribution in [0, 0.1) is 0 Å². The standard InChI is InChI=1S/C13H18N2O2S/c1-17-12-8-9(14)2-3-11(12)13(16)15-10-4-6-18-7-5-10/h2-3,8,10H,4-7,14H2,1H3,(H,15,16). The van der Waals surface area contributed by atoms with E-state index in [0.29, 0.717) is 17.0 Å². The zero-order chi connectivity index (χ0) is 13.0. The Morgan fingerprint density at radius 3 is 2.83 bits per heavy atom. The summed E-state index contributed by atoms with van der Waals surface area (Å²) in [6, 6.07) is 5.38. The summed E-state index contributed by atoms with van der Waals surface area (Å²) in [5.41, 5.74) is 6.81. The topological polar surface area (TPSA) is 64.3 Å². The Hall–Kier alpha value is -1.36. The highest BCUT2D eigenvalue weighted by Crippen LogP contribution is 2.22. The van der Waals surface area contributed by atoms with E-state index in [1.807, 2.05) is 11.8 Å². The highest BCUT2D eigenvalue weighted by molar-refractivity contribution is 7.99. The number of hydrogen-bond acceptors (Lipinski definition) is 4. The van der Waals surface area contributed by atoms with Gasteiger partial charge in [0, 0.05) is 17.8 Å². The van der Waals surface area contributed by atoms with Crippen molar-refractivity contribution in [1.29, 1.82) is 0 Å². The molecule has 0 spiro atoms. The van der Waals surface area contributed by atoms with E-state index < -0.39 is 0 Å². The van der Waals surface area contributed by atoms with Gasteiger partial charge in [-0.25, -0.2) is 0 Å². The third-order valence-electron chi connectivity index (χ3n) is 3.03. The number of thioether (sulfide) groups is 1. The maximum absolute atomic E-state index is 12.2. The number of ether oxygens (including phenoxy) is 1. The molecule has 4 nitrogen and oxygen atoms in total. The molecule has 98 valence electrons. The van der Waals surface area contributed by atoms with Gasteiger partial charge in [0.2, 0.25) is 0 Å². The summed E-state index contributed by atoms with van der Waals surface area (Å²) in [4.78, 5) is 12.2. The first-order valence-electron chi connectivity index (χ1n) is 6.03. The molecular formula is C13H18N2O2S. The molecule has 2 rings (SSSR count). The van der Waals surface area contributed by atoms with Gasteiger partial charge < -0.3 is 15.8 Å². The Morgan fingerprint density at radius 1 is 1.44 bits per heavy atom. The average molecular weight is 266 g/mol. The largest absolute Gasteiger partial charge is 0.496 e. The van der Waals surface area contributed by atoms with Crippen molar-refractivity contribution in [3.05, 3.63) is 23.8 Å². The van der Waals surface area contributed by atoms with Gasteiger partial charge in [-0.1, -0.05) is 0 Å². The summed E-state index contributed by atoms with van der Waals surface area (Å²) in [5, 5.41) is 3.06. The van der Waals surface area contributed by atoms with Crippen LogP contribution in [-0.2, 0) is 0 Å². The third-order valence-corrected chi connectivity index (χ3v) is 4.08. The normalized spacial score (nSPS) is 16.3. The van der Waals surface area contributed by atoms with Crippen molar-refractivity contribution in [2.24, 2.45) is 0 Å². The number of carbonyl (C=O) groups excluding carboxylic acids is 1. The number of amides is 1. The highest BCUT2D eigenvalue weighted by Gasteiger charge is 2.19. The molecule has 1 fully saturated rings. The number of nitrogens with two attached hydrogens (primary N) is 1. The summed E-state index contributed by atoms with van der Waals surface area (Å²) in [5.74, 6) is 2.68. The number of nitrogen functional groups attached to an aromatic ring is 1. The predicted molar refractivity (Wildman–Crippen MR) is 75.2 cm³/mol. The molecular weight excluding hydrogens is 248 g/mol. The Bertz CT molecular complexity index is 431. The van der Waals surface area contributed by atoms with Crippen molar-refractivity contribution in [1.82, 2.24) is 5.32 Å². The lowest BCUT2D eigenvalue weighted by molar-refractivity contribution is 0.0932. The second-order valence-corrected chi connectivity index (χ2v) is 5.54. The predicted octanol–water partition coefficient (Wildman–Crippen LogP) is 1.90. The van der Waals surface area contributed by atoms with Crippen LogP contribution in [0.25, 0.3) is 0 Å². The van der Waals surface area contributed by atoms with Crippen molar-refractivity contribution in [2.45, 2.75) is 18.9 Å². The summed E-state index contributed by atoms with van der Waals surface area (Å²) < 4.78 is 5.19. The fraction of sp³-hybridized carbons (Fsp3) is 0.462. The molecule has 18 heavy (non-hydrogen) atoms. The van der Waals surface area contributed by atoms with Crippen LogP contribution >= 0.6 is 11.8 Å². The molecule has 1 aromatic carbocycles. The Morgan fingerprint density at radius 2 is 2.17 bits per heavy atom. The zero-order valence-corrected chi connectivity index (χ0v) is 11.3. The fourth-order valence-corrected chi connectivity index (χ4v) is 3.11. The molecule has 0 aromatic heterocycles. The molecule has 1 heterocycles. The smallest absolute Gasteiger partial charge is 0.255 e. The zero-order valence-electron chi connectivity index (χ0n) is 10.4. The van der Waals surface area contributed by atoms with Gasteiger partial charge in [0.05, 0.1) is 12.7 Å². The summed E-state index contributed by atoms with van der Waals surface area (Å²) in [7, 11) is 1.54. The van der Waals surface area contributed by atoms with Crippen LogP contribution in [0.3, 0.4) is 0 Å². The van der Waals surface area contributed by atoms with Crippen LogP contribution in [0.5, 0.6) is 5.75 Å². The van der Waals surface area contributed by atoms with Crippen LogP contribution in [0.4, 0.5) is 5.69 Å². The first-order chi connectivity index (χ1) is 8.70. The number of carbonyl (C=O) groups is 1. The number of methoxy groups -OCH3 is 1. The number of anilines is 1. The van der Waals surface area contributed by atoms with E-state index >= 15 is 0 Å². The molecule has 0 unspecified atom stereocenters. The first kappa shape index (κ1) is 13.1. The van der Waals surface area contributed by atoms with Crippen molar-refractivity contribution in [3.63, 3.8) is 0 Å².